The van der Waals surface area contributed by atoms with Crippen molar-refractivity contribution >= 4 is 23.9 Å². The first kappa shape index (κ1) is 30.8. The first-order valence-electron chi connectivity index (χ1n) is 15.0. The molecule has 4 saturated carbocycles. The Morgan fingerprint density at radius 2 is 1.52 bits per heavy atom. The highest BCUT2D eigenvalue weighted by atomic mass is 16.6. The number of methoxy groups -OCH3 is 1. The molecular formula is C31H48O9. The number of aliphatic hydroxyl groups is 1. The van der Waals surface area contributed by atoms with Gasteiger partial charge in [-0.25, -0.2) is 4.79 Å². The Kier molecular flexibility index (Phi) is 8.66. The second-order valence-electron chi connectivity index (χ2n) is 13.6. The van der Waals surface area contributed by atoms with Crippen LogP contribution in [0, 0.1) is 40.4 Å². The summed E-state index contributed by atoms with van der Waals surface area (Å²) in [6.45, 7) is 10.6. The van der Waals surface area contributed by atoms with Crippen molar-refractivity contribution in [2.24, 2.45) is 40.4 Å². The van der Waals surface area contributed by atoms with Crippen LogP contribution in [0.1, 0.15) is 99.3 Å². The van der Waals surface area contributed by atoms with Gasteiger partial charge in [-0.3, -0.25) is 14.4 Å². The smallest absolute Gasteiger partial charge is 0.347 e. The number of rotatable bonds is 7. The Hall–Kier alpha value is -2.16. The summed E-state index contributed by atoms with van der Waals surface area (Å²) in [5.74, 6) is -1.22. The van der Waals surface area contributed by atoms with Gasteiger partial charge in [0.25, 0.3) is 0 Å². The quantitative estimate of drug-likeness (QED) is 0.354. The van der Waals surface area contributed by atoms with Crippen LogP contribution >= 0.6 is 0 Å². The lowest BCUT2D eigenvalue weighted by atomic mass is 9.43. The highest BCUT2D eigenvalue weighted by Crippen LogP contribution is 2.69. The molecule has 0 radical (unpaired) electrons. The first-order valence-corrected chi connectivity index (χ1v) is 15.0. The van der Waals surface area contributed by atoms with Crippen molar-refractivity contribution < 1.29 is 43.2 Å². The SMILES string of the molecule is COC(=O)[C@@H](C[C@@H](C)[C@@]1(O)CC[C@H]2[C@@H]3[C@H](OC(C)=O)C[C@@H]4C[C@H](OC(C)=O)CC[C@]4(C)[C@H]3CC[C@@]21C)OC(C)=O. The third-order valence-electron chi connectivity index (χ3n) is 11.6. The van der Waals surface area contributed by atoms with E-state index in [-0.39, 0.29) is 59.7 Å². The lowest BCUT2D eigenvalue weighted by molar-refractivity contribution is -0.213. The van der Waals surface area contributed by atoms with Gasteiger partial charge in [0.15, 0.2) is 6.10 Å². The van der Waals surface area contributed by atoms with Gasteiger partial charge in [-0.2, -0.15) is 0 Å². The molecule has 0 aromatic heterocycles. The van der Waals surface area contributed by atoms with Gasteiger partial charge in [-0.05, 0) is 85.9 Å². The van der Waals surface area contributed by atoms with E-state index in [1.807, 2.05) is 6.92 Å². The molecule has 0 aromatic carbocycles. The normalized spacial score (nSPS) is 41.8. The zero-order valence-corrected chi connectivity index (χ0v) is 25.2. The molecule has 0 saturated heterocycles. The summed E-state index contributed by atoms with van der Waals surface area (Å²) in [6.07, 6.45) is 5.12. The number of ether oxygens (including phenoxy) is 4. The maximum Gasteiger partial charge on any atom is 0.347 e. The molecule has 4 rings (SSSR count). The Morgan fingerprint density at radius 1 is 0.875 bits per heavy atom. The Morgan fingerprint density at radius 3 is 2.12 bits per heavy atom. The molecule has 1 N–H and O–H groups in total. The average molecular weight is 565 g/mol. The van der Waals surface area contributed by atoms with E-state index in [1.54, 1.807) is 0 Å². The van der Waals surface area contributed by atoms with Crippen LogP contribution in [-0.4, -0.2) is 60.0 Å². The highest BCUT2D eigenvalue weighted by Gasteiger charge is 2.68. The number of fused-ring (bicyclic) bond motifs is 5. The van der Waals surface area contributed by atoms with Gasteiger partial charge in [0, 0.05) is 33.1 Å². The highest BCUT2D eigenvalue weighted by molar-refractivity contribution is 5.78. The van der Waals surface area contributed by atoms with Crippen molar-refractivity contribution in [3.63, 3.8) is 0 Å². The predicted molar refractivity (Wildman–Crippen MR) is 145 cm³/mol. The summed E-state index contributed by atoms with van der Waals surface area (Å²) in [7, 11) is 1.26. The van der Waals surface area contributed by atoms with Gasteiger partial charge in [-0.1, -0.05) is 20.8 Å². The van der Waals surface area contributed by atoms with Crippen molar-refractivity contribution in [2.75, 3.05) is 7.11 Å². The molecular weight excluding hydrogens is 516 g/mol. The molecule has 0 amide bonds. The molecule has 4 fully saturated rings. The number of carbonyl (C=O) groups excluding carboxylic acids is 4. The minimum absolute atomic E-state index is 0.0386. The van der Waals surface area contributed by atoms with E-state index in [0.29, 0.717) is 12.3 Å². The second-order valence-corrected chi connectivity index (χ2v) is 13.6. The van der Waals surface area contributed by atoms with E-state index in [9.17, 15) is 24.3 Å². The van der Waals surface area contributed by atoms with Crippen molar-refractivity contribution in [1.82, 2.24) is 0 Å². The van der Waals surface area contributed by atoms with Crippen LogP contribution in [0.3, 0.4) is 0 Å². The third-order valence-corrected chi connectivity index (χ3v) is 11.6. The molecule has 0 heterocycles. The molecule has 40 heavy (non-hydrogen) atoms. The fraction of sp³-hybridized carbons (Fsp3) is 0.871. The van der Waals surface area contributed by atoms with Crippen LogP contribution in [0.25, 0.3) is 0 Å². The molecule has 4 aliphatic carbocycles. The molecule has 4 aliphatic rings. The van der Waals surface area contributed by atoms with E-state index < -0.39 is 29.1 Å². The molecule has 0 aromatic rings. The lowest BCUT2D eigenvalue weighted by Gasteiger charge is -2.63. The molecule has 9 nitrogen and oxygen atoms in total. The first-order chi connectivity index (χ1) is 18.7. The van der Waals surface area contributed by atoms with Crippen molar-refractivity contribution in [3.05, 3.63) is 0 Å². The van der Waals surface area contributed by atoms with Crippen LogP contribution < -0.4 is 0 Å². The maximum atomic E-state index is 12.4. The Labute approximate surface area is 238 Å². The van der Waals surface area contributed by atoms with Gasteiger partial charge < -0.3 is 24.1 Å². The molecule has 226 valence electrons. The zero-order chi connectivity index (χ0) is 29.6. The fourth-order valence-electron chi connectivity index (χ4n) is 9.74. The van der Waals surface area contributed by atoms with E-state index >= 15 is 0 Å². The summed E-state index contributed by atoms with van der Waals surface area (Å²) < 4.78 is 21.8. The number of carbonyl (C=O) groups is 4. The second kappa shape index (κ2) is 11.3. The van der Waals surface area contributed by atoms with Gasteiger partial charge in [0.1, 0.15) is 12.2 Å². The van der Waals surface area contributed by atoms with Gasteiger partial charge in [-0.15, -0.1) is 0 Å². The summed E-state index contributed by atoms with van der Waals surface area (Å²) in [5.41, 5.74) is -1.50. The van der Waals surface area contributed by atoms with Crippen LogP contribution in [-0.2, 0) is 38.1 Å². The zero-order valence-electron chi connectivity index (χ0n) is 25.2. The minimum Gasteiger partial charge on any atom is -0.466 e. The number of esters is 4. The van der Waals surface area contributed by atoms with E-state index in [4.69, 9.17) is 18.9 Å². The Bertz CT molecular complexity index is 1010. The van der Waals surface area contributed by atoms with Gasteiger partial charge in [0.2, 0.25) is 0 Å². The van der Waals surface area contributed by atoms with Gasteiger partial charge >= 0.3 is 23.9 Å². The molecule has 0 aliphatic heterocycles. The molecule has 0 bridgehead atoms. The van der Waals surface area contributed by atoms with E-state index in [0.717, 1.165) is 44.9 Å². The van der Waals surface area contributed by atoms with Crippen molar-refractivity contribution in [1.29, 1.82) is 0 Å². The van der Waals surface area contributed by atoms with Crippen LogP contribution in [0.15, 0.2) is 0 Å². The van der Waals surface area contributed by atoms with E-state index in [1.165, 1.54) is 27.9 Å². The van der Waals surface area contributed by atoms with Crippen molar-refractivity contribution in [3.8, 4) is 0 Å². The molecule has 11 atom stereocenters. The summed E-state index contributed by atoms with van der Waals surface area (Å²) in [4.78, 5) is 48.1. The van der Waals surface area contributed by atoms with Crippen LogP contribution in [0.2, 0.25) is 0 Å². The fourth-order valence-corrected chi connectivity index (χ4v) is 9.74. The minimum atomic E-state index is -1.08. The third kappa shape index (κ3) is 5.27. The van der Waals surface area contributed by atoms with Crippen LogP contribution in [0.4, 0.5) is 0 Å². The average Bonchev–Trinajstić information content (AvgIpc) is 3.14. The standard InChI is InChI=1S/C31H48O9/c1-17(14-26(28(35)37-7)40-20(4)34)31(36)13-10-24-27-23(9-12-30(24,31)6)29(5)11-8-22(38-18(2)32)15-21(29)16-25(27)39-19(3)33/h17,21-27,36H,8-16H2,1-7H3/t17-,21+,22-,23+,24+,25-,26-,27-,29+,30+,31+/m1/s1. The van der Waals surface area contributed by atoms with E-state index in [2.05, 4.69) is 13.8 Å². The van der Waals surface area contributed by atoms with Crippen LogP contribution in [0.5, 0.6) is 0 Å². The van der Waals surface area contributed by atoms with Crippen molar-refractivity contribution in [2.45, 2.75) is 123 Å². The monoisotopic (exact) mass is 564 g/mol. The molecule has 9 heteroatoms. The Balaban J connectivity index is 1.62. The summed E-state index contributed by atoms with van der Waals surface area (Å²) >= 11 is 0. The molecule has 0 unspecified atom stereocenters. The topological polar surface area (TPSA) is 125 Å². The summed E-state index contributed by atoms with van der Waals surface area (Å²) in [6, 6.07) is 0. The number of hydrogen-bond donors (Lipinski definition) is 1. The predicted octanol–water partition coefficient (Wildman–Crippen LogP) is 4.36. The number of hydrogen-bond acceptors (Lipinski definition) is 9. The largest absolute Gasteiger partial charge is 0.466 e. The maximum absolute atomic E-state index is 12.4. The molecule has 0 spiro atoms. The van der Waals surface area contributed by atoms with Gasteiger partial charge in [0.05, 0.1) is 12.7 Å². The lowest BCUT2D eigenvalue weighted by Crippen LogP contribution is -2.62. The summed E-state index contributed by atoms with van der Waals surface area (Å²) in [5, 5.41) is 12.4.